The van der Waals surface area contributed by atoms with Crippen molar-refractivity contribution in [2.45, 2.75) is 17.5 Å². The van der Waals surface area contributed by atoms with Crippen LogP contribution in [0.15, 0.2) is 47.6 Å². The molecule has 0 aliphatic rings. The maximum Gasteiger partial charge on any atom is 0.258 e. The summed E-state index contributed by atoms with van der Waals surface area (Å²) in [5, 5.41) is 13.3. The Bertz CT molecular complexity index is 653. The molecule has 0 saturated carbocycles. The summed E-state index contributed by atoms with van der Waals surface area (Å²) in [6.45, 7) is -0.272. The Balaban J connectivity index is 2.12. The van der Waals surface area contributed by atoms with E-state index in [1.165, 1.54) is 16.9 Å². The average molecular weight is 295 g/mol. The first kappa shape index (κ1) is 14.7. The third-order valence-corrected chi connectivity index (χ3v) is 4.51. The summed E-state index contributed by atoms with van der Waals surface area (Å²) in [6, 6.07) is 10.3. The lowest BCUT2D eigenvalue weighted by atomic mass is 10.1. The first-order valence-electron chi connectivity index (χ1n) is 6.18. The lowest BCUT2D eigenvalue weighted by Gasteiger charge is -2.16. The van der Waals surface area contributed by atoms with Crippen molar-refractivity contribution in [1.29, 1.82) is 0 Å². The number of sulfonamides is 1. The van der Waals surface area contributed by atoms with Gasteiger partial charge >= 0.3 is 0 Å². The molecule has 0 aliphatic carbocycles. The number of nitrogens with zero attached hydrogens (tertiary/aromatic N) is 2. The van der Waals surface area contributed by atoms with Gasteiger partial charge in [0.05, 0.1) is 12.8 Å². The van der Waals surface area contributed by atoms with Crippen LogP contribution < -0.4 is 4.72 Å². The molecule has 0 spiro atoms. The fraction of sp³-hybridized carbons (Fsp3) is 0.308. The van der Waals surface area contributed by atoms with Crippen molar-refractivity contribution in [3.63, 3.8) is 0 Å². The van der Waals surface area contributed by atoms with E-state index in [2.05, 4.69) is 9.82 Å². The highest BCUT2D eigenvalue weighted by Crippen LogP contribution is 2.09. The molecule has 0 bridgehead atoms. The molecule has 108 valence electrons. The highest BCUT2D eigenvalue weighted by molar-refractivity contribution is 7.89. The molecule has 7 heteroatoms. The highest BCUT2D eigenvalue weighted by atomic mass is 32.2. The Hall–Kier alpha value is -1.70. The number of hydrogen-bond donors (Lipinski definition) is 2. The zero-order chi connectivity index (χ0) is 14.6. The van der Waals surface area contributed by atoms with Crippen LogP contribution in [0.25, 0.3) is 0 Å². The van der Waals surface area contributed by atoms with Gasteiger partial charge < -0.3 is 5.11 Å². The number of nitrogens with one attached hydrogen (secondary N) is 1. The smallest absolute Gasteiger partial charge is 0.258 e. The highest BCUT2D eigenvalue weighted by Gasteiger charge is 2.22. The van der Waals surface area contributed by atoms with Crippen molar-refractivity contribution >= 4 is 10.0 Å². The Morgan fingerprint density at radius 1 is 1.30 bits per heavy atom. The SMILES string of the molecule is Cn1nccc1S(=O)(=O)NC(CO)Cc1ccccc1. The number of aliphatic hydroxyl groups is 1. The molecule has 0 saturated heterocycles. The molecule has 1 aromatic heterocycles. The van der Waals surface area contributed by atoms with Gasteiger partial charge in [-0.25, -0.2) is 13.1 Å². The molecule has 0 radical (unpaired) electrons. The normalized spacial score (nSPS) is 13.3. The monoisotopic (exact) mass is 295 g/mol. The quantitative estimate of drug-likeness (QED) is 0.803. The third-order valence-electron chi connectivity index (χ3n) is 2.92. The minimum absolute atomic E-state index is 0.0732. The predicted molar refractivity (Wildman–Crippen MR) is 74.5 cm³/mol. The molecule has 2 aromatic rings. The molecular weight excluding hydrogens is 278 g/mol. The van der Waals surface area contributed by atoms with Crippen LogP contribution in [0.1, 0.15) is 5.56 Å². The van der Waals surface area contributed by atoms with Gasteiger partial charge in [0.15, 0.2) is 5.03 Å². The zero-order valence-corrected chi connectivity index (χ0v) is 11.9. The van der Waals surface area contributed by atoms with E-state index in [0.717, 1.165) is 5.56 Å². The summed E-state index contributed by atoms with van der Waals surface area (Å²) in [7, 11) is -2.13. The van der Waals surface area contributed by atoms with Crippen LogP contribution in [0.2, 0.25) is 0 Å². The van der Waals surface area contributed by atoms with Crippen LogP contribution >= 0.6 is 0 Å². The molecule has 2 rings (SSSR count). The van der Waals surface area contributed by atoms with Gasteiger partial charge in [-0.15, -0.1) is 0 Å². The standard InChI is InChI=1S/C13H17N3O3S/c1-16-13(7-8-14-16)20(18,19)15-12(10-17)9-11-5-3-2-4-6-11/h2-8,12,15,17H,9-10H2,1H3. The maximum absolute atomic E-state index is 12.2. The largest absolute Gasteiger partial charge is 0.395 e. The van der Waals surface area contributed by atoms with Crippen molar-refractivity contribution < 1.29 is 13.5 Å². The lowest BCUT2D eigenvalue weighted by molar-refractivity contribution is 0.256. The van der Waals surface area contributed by atoms with Crippen LogP contribution in [0.5, 0.6) is 0 Å². The summed E-state index contributed by atoms with van der Waals surface area (Å²) in [4.78, 5) is 0. The summed E-state index contributed by atoms with van der Waals surface area (Å²) in [5.74, 6) is 0. The number of hydrogen-bond acceptors (Lipinski definition) is 4. The van der Waals surface area contributed by atoms with Gasteiger partial charge in [-0.05, 0) is 18.1 Å². The minimum Gasteiger partial charge on any atom is -0.395 e. The average Bonchev–Trinajstić information content (AvgIpc) is 2.86. The molecular formula is C13H17N3O3S. The van der Waals surface area contributed by atoms with E-state index in [-0.39, 0.29) is 11.6 Å². The molecule has 6 nitrogen and oxygen atoms in total. The number of aryl methyl sites for hydroxylation is 1. The molecule has 20 heavy (non-hydrogen) atoms. The summed E-state index contributed by atoms with van der Waals surface area (Å²) in [6.07, 6.45) is 1.84. The first-order valence-corrected chi connectivity index (χ1v) is 7.66. The van der Waals surface area contributed by atoms with Gasteiger partial charge in [0.2, 0.25) is 0 Å². The van der Waals surface area contributed by atoms with Crippen LogP contribution in [0.3, 0.4) is 0 Å². The fourth-order valence-corrected chi connectivity index (χ4v) is 3.30. The van der Waals surface area contributed by atoms with Gasteiger partial charge in [-0.2, -0.15) is 5.10 Å². The van der Waals surface area contributed by atoms with E-state index in [9.17, 15) is 13.5 Å². The van der Waals surface area contributed by atoms with E-state index >= 15 is 0 Å². The summed E-state index contributed by atoms with van der Waals surface area (Å²) >= 11 is 0. The Morgan fingerprint density at radius 2 is 2.00 bits per heavy atom. The Labute approximate surface area is 118 Å². The third kappa shape index (κ3) is 3.44. The van der Waals surface area contributed by atoms with E-state index in [1.54, 1.807) is 7.05 Å². The van der Waals surface area contributed by atoms with Crippen molar-refractivity contribution in [2.75, 3.05) is 6.61 Å². The Morgan fingerprint density at radius 3 is 2.55 bits per heavy atom. The fourth-order valence-electron chi connectivity index (χ4n) is 1.95. The van der Waals surface area contributed by atoms with E-state index in [4.69, 9.17) is 0 Å². The maximum atomic E-state index is 12.2. The second-order valence-electron chi connectivity index (χ2n) is 4.48. The van der Waals surface area contributed by atoms with E-state index in [1.807, 2.05) is 30.3 Å². The lowest BCUT2D eigenvalue weighted by Crippen LogP contribution is -2.39. The van der Waals surface area contributed by atoms with Crippen LogP contribution in [0.4, 0.5) is 0 Å². The van der Waals surface area contributed by atoms with Gasteiger partial charge in [0.1, 0.15) is 0 Å². The number of aromatic nitrogens is 2. The molecule has 1 atom stereocenters. The van der Waals surface area contributed by atoms with Crippen molar-refractivity contribution in [1.82, 2.24) is 14.5 Å². The van der Waals surface area contributed by atoms with Crippen LogP contribution in [0, 0.1) is 0 Å². The summed E-state index contributed by atoms with van der Waals surface area (Å²) in [5.41, 5.74) is 0.958. The van der Waals surface area contributed by atoms with Gasteiger partial charge in [0.25, 0.3) is 10.0 Å². The number of benzene rings is 1. The number of aliphatic hydroxyl groups excluding tert-OH is 1. The minimum atomic E-state index is -3.69. The van der Waals surface area contributed by atoms with E-state index in [0.29, 0.717) is 6.42 Å². The second kappa shape index (κ2) is 6.17. The molecule has 1 unspecified atom stereocenters. The first-order chi connectivity index (χ1) is 9.53. The molecule has 0 aliphatic heterocycles. The molecule has 1 aromatic carbocycles. The van der Waals surface area contributed by atoms with Crippen molar-refractivity contribution in [3.05, 3.63) is 48.2 Å². The molecule has 0 amide bonds. The van der Waals surface area contributed by atoms with Crippen LogP contribution in [-0.4, -0.2) is 36.0 Å². The molecule has 2 N–H and O–H groups in total. The second-order valence-corrected chi connectivity index (χ2v) is 6.14. The van der Waals surface area contributed by atoms with Gasteiger partial charge in [-0.1, -0.05) is 30.3 Å². The van der Waals surface area contributed by atoms with Crippen molar-refractivity contribution in [3.8, 4) is 0 Å². The van der Waals surface area contributed by atoms with Crippen molar-refractivity contribution in [2.24, 2.45) is 7.05 Å². The van der Waals surface area contributed by atoms with Crippen LogP contribution in [-0.2, 0) is 23.5 Å². The van der Waals surface area contributed by atoms with E-state index < -0.39 is 16.1 Å². The zero-order valence-electron chi connectivity index (χ0n) is 11.1. The molecule has 0 fully saturated rings. The summed E-state index contributed by atoms with van der Waals surface area (Å²) < 4.78 is 28.2. The topological polar surface area (TPSA) is 84.2 Å². The number of rotatable bonds is 6. The predicted octanol–water partition coefficient (Wildman–Crippen LogP) is 0.302. The Kier molecular flexibility index (Phi) is 4.53. The van der Waals surface area contributed by atoms with Gasteiger partial charge in [-0.3, -0.25) is 4.68 Å². The molecule has 1 heterocycles. The van der Waals surface area contributed by atoms with Gasteiger partial charge in [0, 0.05) is 13.1 Å².